The van der Waals surface area contributed by atoms with Crippen LogP contribution in [0.25, 0.3) is 10.8 Å². The molecule has 2 rings (SSSR count). The molecule has 0 bridgehead atoms. The van der Waals surface area contributed by atoms with Gasteiger partial charge < -0.3 is 15.6 Å². The minimum atomic E-state index is -0.661. The highest BCUT2D eigenvalue weighted by Gasteiger charge is 2.16. The van der Waals surface area contributed by atoms with Crippen molar-refractivity contribution >= 4 is 10.8 Å². The molecular weight excluding hydrogens is 214 g/mol. The van der Waals surface area contributed by atoms with Gasteiger partial charge in [0.25, 0.3) is 0 Å². The molecule has 0 fully saturated rings. The Bertz CT molecular complexity index is 523. The highest BCUT2D eigenvalue weighted by molar-refractivity contribution is 5.91. The van der Waals surface area contributed by atoms with Gasteiger partial charge in [0.1, 0.15) is 5.75 Å². The second-order valence-electron chi connectivity index (χ2n) is 4.21. The molecular formula is C14H17NO2. The summed E-state index contributed by atoms with van der Waals surface area (Å²) in [7, 11) is 1.64. The first kappa shape index (κ1) is 11.9. The molecule has 0 aromatic heterocycles. The Kier molecular flexibility index (Phi) is 3.31. The number of benzene rings is 2. The van der Waals surface area contributed by atoms with E-state index >= 15 is 0 Å². The number of aliphatic hydroxyl groups is 1. The van der Waals surface area contributed by atoms with Gasteiger partial charge in [-0.3, -0.25) is 0 Å². The zero-order valence-corrected chi connectivity index (χ0v) is 10.1. The van der Waals surface area contributed by atoms with Crippen LogP contribution in [0.2, 0.25) is 0 Å². The fourth-order valence-corrected chi connectivity index (χ4v) is 2.01. The van der Waals surface area contributed by atoms with E-state index in [0.29, 0.717) is 0 Å². The normalized spacial score (nSPS) is 14.6. The molecule has 0 aliphatic heterocycles. The highest BCUT2D eigenvalue weighted by Crippen LogP contribution is 2.32. The molecule has 2 aromatic rings. The lowest BCUT2D eigenvalue weighted by Crippen LogP contribution is -2.24. The number of nitrogens with two attached hydrogens (primary N) is 1. The fourth-order valence-electron chi connectivity index (χ4n) is 2.01. The van der Waals surface area contributed by atoms with E-state index in [1.54, 1.807) is 14.0 Å². The van der Waals surface area contributed by atoms with E-state index in [4.69, 9.17) is 10.5 Å². The number of methoxy groups -OCH3 is 1. The number of hydrogen-bond acceptors (Lipinski definition) is 3. The molecule has 90 valence electrons. The van der Waals surface area contributed by atoms with Crippen molar-refractivity contribution < 1.29 is 9.84 Å². The van der Waals surface area contributed by atoms with Gasteiger partial charge in [-0.2, -0.15) is 0 Å². The molecule has 0 radical (unpaired) electrons. The number of rotatable bonds is 3. The molecule has 0 spiro atoms. The van der Waals surface area contributed by atoms with E-state index < -0.39 is 6.10 Å². The second-order valence-corrected chi connectivity index (χ2v) is 4.21. The SMILES string of the molecule is COc1ccc(C(O)C(C)N)c2ccccc12. The van der Waals surface area contributed by atoms with Gasteiger partial charge in [-0.1, -0.05) is 30.3 Å². The van der Waals surface area contributed by atoms with E-state index in [0.717, 1.165) is 22.1 Å². The third-order valence-corrected chi connectivity index (χ3v) is 2.95. The van der Waals surface area contributed by atoms with Crippen LogP contribution < -0.4 is 10.5 Å². The van der Waals surface area contributed by atoms with Crippen molar-refractivity contribution in [3.63, 3.8) is 0 Å². The van der Waals surface area contributed by atoms with Crippen LogP contribution in [0.1, 0.15) is 18.6 Å². The molecule has 0 saturated carbocycles. The quantitative estimate of drug-likeness (QED) is 0.851. The van der Waals surface area contributed by atoms with Gasteiger partial charge in [0.2, 0.25) is 0 Å². The molecule has 3 nitrogen and oxygen atoms in total. The lowest BCUT2D eigenvalue weighted by Gasteiger charge is -2.18. The summed E-state index contributed by atoms with van der Waals surface area (Å²) in [5.74, 6) is 0.807. The van der Waals surface area contributed by atoms with Crippen LogP contribution in [0.4, 0.5) is 0 Å². The first-order valence-corrected chi connectivity index (χ1v) is 5.64. The summed E-state index contributed by atoms with van der Waals surface area (Å²) >= 11 is 0. The number of hydrogen-bond donors (Lipinski definition) is 2. The summed E-state index contributed by atoms with van der Waals surface area (Å²) in [6.45, 7) is 1.80. The van der Waals surface area contributed by atoms with Crippen LogP contribution >= 0.6 is 0 Å². The number of aliphatic hydroxyl groups excluding tert-OH is 1. The minimum absolute atomic E-state index is 0.299. The Morgan fingerprint density at radius 1 is 1.12 bits per heavy atom. The molecule has 2 atom stereocenters. The fraction of sp³-hybridized carbons (Fsp3) is 0.286. The van der Waals surface area contributed by atoms with Gasteiger partial charge in [-0.15, -0.1) is 0 Å². The Morgan fingerprint density at radius 2 is 1.76 bits per heavy atom. The largest absolute Gasteiger partial charge is 0.496 e. The molecule has 2 aromatic carbocycles. The maximum Gasteiger partial charge on any atom is 0.126 e. The van der Waals surface area contributed by atoms with Crippen molar-refractivity contribution in [1.29, 1.82) is 0 Å². The molecule has 0 heterocycles. The summed E-state index contributed by atoms with van der Waals surface area (Å²) < 4.78 is 5.31. The van der Waals surface area contributed by atoms with Gasteiger partial charge in [-0.05, 0) is 23.9 Å². The molecule has 17 heavy (non-hydrogen) atoms. The number of fused-ring (bicyclic) bond motifs is 1. The van der Waals surface area contributed by atoms with E-state index in [2.05, 4.69) is 0 Å². The zero-order valence-electron chi connectivity index (χ0n) is 10.1. The zero-order chi connectivity index (χ0) is 12.4. The van der Waals surface area contributed by atoms with Crippen LogP contribution in [0.3, 0.4) is 0 Å². The Balaban J connectivity index is 2.66. The van der Waals surface area contributed by atoms with E-state index in [1.165, 1.54) is 0 Å². The summed E-state index contributed by atoms with van der Waals surface area (Å²) in [6.07, 6.45) is -0.661. The van der Waals surface area contributed by atoms with Crippen LogP contribution in [-0.2, 0) is 0 Å². The van der Waals surface area contributed by atoms with E-state index in [9.17, 15) is 5.11 Å². The molecule has 0 saturated heterocycles. The monoisotopic (exact) mass is 231 g/mol. The third kappa shape index (κ3) is 2.12. The topological polar surface area (TPSA) is 55.5 Å². The van der Waals surface area contributed by atoms with Gasteiger partial charge in [0.15, 0.2) is 0 Å². The Labute approximate surface area is 101 Å². The molecule has 0 aliphatic carbocycles. The van der Waals surface area contributed by atoms with Crippen LogP contribution in [0.15, 0.2) is 36.4 Å². The maximum absolute atomic E-state index is 10.1. The average molecular weight is 231 g/mol. The van der Waals surface area contributed by atoms with Gasteiger partial charge in [-0.25, -0.2) is 0 Å². The average Bonchev–Trinajstić information content (AvgIpc) is 2.36. The second kappa shape index (κ2) is 4.73. The lowest BCUT2D eigenvalue weighted by atomic mass is 9.96. The van der Waals surface area contributed by atoms with Crippen molar-refractivity contribution in [2.75, 3.05) is 7.11 Å². The molecule has 2 unspecified atom stereocenters. The van der Waals surface area contributed by atoms with E-state index in [-0.39, 0.29) is 6.04 Å². The first-order chi connectivity index (χ1) is 8.15. The maximum atomic E-state index is 10.1. The van der Waals surface area contributed by atoms with Gasteiger partial charge in [0.05, 0.1) is 13.2 Å². The Morgan fingerprint density at radius 3 is 2.35 bits per heavy atom. The predicted molar refractivity (Wildman–Crippen MR) is 69.1 cm³/mol. The first-order valence-electron chi connectivity index (χ1n) is 5.64. The van der Waals surface area contributed by atoms with Crippen molar-refractivity contribution in [3.05, 3.63) is 42.0 Å². The van der Waals surface area contributed by atoms with Gasteiger partial charge in [0, 0.05) is 11.4 Å². The highest BCUT2D eigenvalue weighted by atomic mass is 16.5. The van der Waals surface area contributed by atoms with Crippen molar-refractivity contribution in [2.24, 2.45) is 5.73 Å². The molecule has 0 aliphatic rings. The Hall–Kier alpha value is -1.58. The van der Waals surface area contributed by atoms with Gasteiger partial charge >= 0.3 is 0 Å². The lowest BCUT2D eigenvalue weighted by molar-refractivity contribution is 0.155. The van der Waals surface area contributed by atoms with Crippen molar-refractivity contribution in [2.45, 2.75) is 19.1 Å². The summed E-state index contributed by atoms with van der Waals surface area (Å²) in [5, 5.41) is 12.1. The smallest absolute Gasteiger partial charge is 0.126 e. The summed E-state index contributed by atoms with van der Waals surface area (Å²) in [5.41, 5.74) is 6.59. The molecule has 3 N–H and O–H groups in total. The summed E-state index contributed by atoms with van der Waals surface area (Å²) in [4.78, 5) is 0. The predicted octanol–water partition coefficient (Wildman–Crippen LogP) is 2.23. The van der Waals surface area contributed by atoms with Crippen molar-refractivity contribution in [1.82, 2.24) is 0 Å². The van der Waals surface area contributed by atoms with Crippen LogP contribution in [0, 0.1) is 0 Å². The molecule has 3 heteroatoms. The van der Waals surface area contributed by atoms with E-state index in [1.807, 2.05) is 36.4 Å². The van der Waals surface area contributed by atoms with Crippen molar-refractivity contribution in [3.8, 4) is 5.75 Å². The summed E-state index contributed by atoms with van der Waals surface area (Å²) in [6, 6.07) is 11.3. The third-order valence-electron chi connectivity index (χ3n) is 2.95. The minimum Gasteiger partial charge on any atom is -0.496 e. The van der Waals surface area contributed by atoms with Crippen LogP contribution in [0.5, 0.6) is 5.75 Å². The molecule has 0 amide bonds. The standard InChI is InChI=1S/C14H17NO2/c1-9(15)14(16)12-7-8-13(17-2)11-6-4-3-5-10(11)12/h3-9,14,16H,15H2,1-2H3. The number of ether oxygens (including phenoxy) is 1. The van der Waals surface area contributed by atoms with Crippen LogP contribution in [-0.4, -0.2) is 18.3 Å².